The number of hydrogen-bond acceptors (Lipinski definition) is 4. The highest BCUT2D eigenvalue weighted by Gasteiger charge is 2.17. The Balaban J connectivity index is 0.00000288. The minimum atomic E-state index is 0. The second-order valence-electron chi connectivity index (χ2n) is 6.81. The zero-order valence-corrected chi connectivity index (χ0v) is 17.1. The van der Waals surface area contributed by atoms with Crippen molar-refractivity contribution in [1.82, 2.24) is 15.1 Å². The molecular formula is C18H33ClN4S. The van der Waals surface area contributed by atoms with E-state index in [1.54, 1.807) is 11.3 Å². The molecule has 1 aromatic heterocycles. The molecule has 2 rings (SSSR count). The Kier molecular flexibility index (Phi) is 9.89. The van der Waals surface area contributed by atoms with E-state index in [1.165, 1.54) is 37.6 Å². The maximum atomic E-state index is 4.88. The summed E-state index contributed by atoms with van der Waals surface area (Å²) in [5, 5.41) is 5.61. The van der Waals surface area contributed by atoms with E-state index in [2.05, 4.69) is 60.3 Å². The van der Waals surface area contributed by atoms with Gasteiger partial charge in [0.05, 0.1) is 4.88 Å². The Bertz CT molecular complexity index is 467. The summed E-state index contributed by atoms with van der Waals surface area (Å²) in [5.41, 5.74) is 0. The Morgan fingerprint density at radius 1 is 1.21 bits per heavy atom. The first-order valence-corrected chi connectivity index (χ1v) is 9.76. The van der Waals surface area contributed by atoms with Crippen molar-refractivity contribution in [2.75, 3.05) is 45.8 Å². The molecule has 0 saturated carbocycles. The van der Waals surface area contributed by atoms with Crippen molar-refractivity contribution >= 4 is 29.6 Å². The minimum absolute atomic E-state index is 0. The molecule has 6 heteroatoms. The molecule has 1 aliphatic heterocycles. The first kappa shape index (κ1) is 21.4. The first-order chi connectivity index (χ1) is 11.1. The van der Waals surface area contributed by atoms with Crippen LogP contribution in [-0.2, 0) is 0 Å². The van der Waals surface area contributed by atoms with Crippen molar-refractivity contribution in [2.24, 2.45) is 10.9 Å². The van der Waals surface area contributed by atoms with Gasteiger partial charge in [0.25, 0.3) is 0 Å². The van der Waals surface area contributed by atoms with Crippen LogP contribution < -0.4 is 5.32 Å². The molecule has 0 radical (unpaired) electrons. The molecule has 138 valence electrons. The fourth-order valence-corrected chi connectivity index (χ4v) is 3.61. The van der Waals surface area contributed by atoms with E-state index < -0.39 is 0 Å². The summed E-state index contributed by atoms with van der Waals surface area (Å²) >= 11 is 1.75. The number of nitrogens with zero attached hydrogens (tertiary/aromatic N) is 3. The largest absolute Gasteiger partial charge is 0.367 e. The highest BCUT2D eigenvalue weighted by atomic mass is 35.5. The van der Waals surface area contributed by atoms with Crippen LogP contribution in [0.4, 0.5) is 0 Å². The van der Waals surface area contributed by atoms with Gasteiger partial charge in [0.2, 0.25) is 0 Å². The molecular weight excluding hydrogens is 340 g/mol. The van der Waals surface area contributed by atoms with Crippen LogP contribution in [0.25, 0.3) is 0 Å². The molecule has 1 aromatic rings. The van der Waals surface area contributed by atoms with Gasteiger partial charge in [0, 0.05) is 45.3 Å². The SMILES string of the molecule is CCN1CCN(CC(C)CN=C(NC(C)C)c2cccs2)CC1.Cl. The molecule has 0 spiro atoms. The molecule has 4 nitrogen and oxygen atoms in total. The summed E-state index contributed by atoms with van der Waals surface area (Å²) in [5.74, 6) is 1.64. The summed E-state index contributed by atoms with van der Waals surface area (Å²) in [6.45, 7) is 16.9. The standard InChI is InChI=1S/C18H32N4S.ClH/c1-5-21-8-10-22(11-9-21)14-16(4)13-19-18(20-15(2)3)17-7-6-12-23-17;/h6-7,12,15-16H,5,8-11,13-14H2,1-4H3,(H,19,20);1H. The maximum absolute atomic E-state index is 4.88. The predicted molar refractivity (Wildman–Crippen MR) is 109 cm³/mol. The van der Waals surface area contributed by atoms with Gasteiger partial charge in [-0.15, -0.1) is 23.7 Å². The quantitative estimate of drug-likeness (QED) is 0.589. The second kappa shape index (κ2) is 11.1. The van der Waals surface area contributed by atoms with Gasteiger partial charge in [0.15, 0.2) is 0 Å². The van der Waals surface area contributed by atoms with Crippen molar-refractivity contribution in [3.8, 4) is 0 Å². The summed E-state index contributed by atoms with van der Waals surface area (Å²) in [6, 6.07) is 4.65. The van der Waals surface area contributed by atoms with Crippen LogP contribution in [0.1, 0.15) is 32.6 Å². The van der Waals surface area contributed by atoms with Crippen molar-refractivity contribution in [2.45, 2.75) is 33.7 Å². The number of halogens is 1. The Morgan fingerprint density at radius 2 is 1.88 bits per heavy atom. The van der Waals surface area contributed by atoms with E-state index in [0.717, 1.165) is 18.9 Å². The monoisotopic (exact) mass is 372 g/mol. The van der Waals surface area contributed by atoms with Crippen LogP contribution in [0.3, 0.4) is 0 Å². The number of aliphatic imine (C=N–C) groups is 1. The van der Waals surface area contributed by atoms with Crippen LogP contribution in [-0.4, -0.2) is 67.5 Å². The van der Waals surface area contributed by atoms with Crippen molar-refractivity contribution < 1.29 is 0 Å². The van der Waals surface area contributed by atoms with Crippen LogP contribution >= 0.6 is 23.7 Å². The molecule has 1 saturated heterocycles. The molecule has 24 heavy (non-hydrogen) atoms. The maximum Gasteiger partial charge on any atom is 0.138 e. The lowest BCUT2D eigenvalue weighted by Crippen LogP contribution is -2.47. The van der Waals surface area contributed by atoms with Gasteiger partial charge in [0.1, 0.15) is 5.84 Å². The Labute approximate surface area is 157 Å². The molecule has 0 aromatic carbocycles. The van der Waals surface area contributed by atoms with Gasteiger partial charge >= 0.3 is 0 Å². The predicted octanol–water partition coefficient (Wildman–Crippen LogP) is 3.19. The van der Waals surface area contributed by atoms with Gasteiger partial charge in [-0.05, 0) is 37.8 Å². The average molecular weight is 373 g/mol. The molecule has 1 atom stereocenters. The molecule has 1 fully saturated rings. The van der Waals surface area contributed by atoms with Crippen molar-refractivity contribution in [3.63, 3.8) is 0 Å². The average Bonchev–Trinajstić information content (AvgIpc) is 3.06. The summed E-state index contributed by atoms with van der Waals surface area (Å²) in [6.07, 6.45) is 0. The summed E-state index contributed by atoms with van der Waals surface area (Å²) in [4.78, 5) is 11.2. The van der Waals surface area contributed by atoms with Gasteiger partial charge in [-0.3, -0.25) is 4.99 Å². The van der Waals surface area contributed by atoms with Crippen molar-refractivity contribution in [1.29, 1.82) is 0 Å². The summed E-state index contributed by atoms with van der Waals surface area (Å²) in [7, 11) is 0. The fraction of sp³-hybridized carbons (Fsp3) is 0.722. The zero-order chi connectivity index (χ0) is 16.7. The van der Waals surface area contributed by atoms with E-state index in [-0.39, 0.29) is 12.4 Å². The molecule has 1 N–H and O–H groups in total. The topological polar surface area (TPSA) is 30.9 Å². The highest BCUT2D eigenvalue weighted by Crippen LogP contribution is 2.11. The number of hydrogen-bond donors (Lipinski definition) is 1. The van der Waals surface area contributed by atoms with Crippen molar-refractivity contribution in [3.05, 3.63) is 22.4 Å². The molecule has 0 aliphatic carbocycles. The van der Waals surface area contributed by atoms with E-state index in [4.69, 9.17) is 4.99 Å². The Morgan fingerprint density at radius 3 is 2.42 bits per heavy atom. The van der Waals surface area contributed by atoms with Gasteiger partial charge < -0.3 is 15.1 Å². The number of thiophene rings is 1. The smallest absolute Gasteiger partial charge is 0.138 e. The first-order valence-electron chi connectivity index (χ1n) is 8.88. The lowest BCUT2D eigenvalue weighted by Gasteiger charge is -2.35. The number of piperazine rings is 1. The molecule has 1 aliphatic rings. The number of nitrogens with one attached hydrogen (secondary N) is 1. The zero-order valence-electron chi connectivity index (χ0n) is 15.5. The number of likely N-dealkylation sites (N-methyl/N-ethyl adjacent to an activating group) is 1. The lowest BCUT2D eigenvalue weighted by atomic mass is 10.1. The van der Waals surface area contributed by atoms with E-state index in [0.29, 0.717) is 12.0 Å². The van der Waals surface area contributed by atoms with Crippen LogP contribution in [0.15, 0.2) is 22.5 Å². The molecule has 0 bridgehead atoms. The van der Waals surface area contributed by atoms with Gasteiger partial charge in [-0.25, -0.2) is 0 Å². The molecule has 2 heterocycles. The molecule has 1 unspecified atom stereocenters. The van der Waals surface area contributed by atoms with E-state index in [1.807, 2.05) is 0 Å². The van der Waals surface area contributed by atoms with E-state index in [9.17, 15) is 0 Å². The van der Waals surface area contributed by atoms with Crippen LogP contribution in [0.5, 0.6) is 0 Å². The Hall–Kier alpha value is -0.620. The third-order valence-corrected chi connectivity index (χ3v) is 5.10. The summed E-state index contributed by atoms with van der Waals surface area (Å²) < 4.78 is 0. The third-order valence-electron chi connectivity index (χ3n) is 4.22. The van der Waals surface area contributed by atoms with Gasteiger partial charge in [-0.2, -0.15) is 0 Å². The second-order valence-corrected chi connectivity index (χ2v) is 7.75. The lowest BCUT2D eigenvalue weighted by molar-refractivity contribution is 0.125. The normalized spacial score (nSPS) is 18.5. The van der Waals surface area contributed by atoms with E-state index >= 15 is 0 Å². The van der Waals surface area contributed by atoms with Crippen LogP contribution in [0, 0.1) is 5.92 Å². The molecule has 0 amide bonds. The van der Waals surface area contributed by atoms with Crippen LogP contribution in [0.2, 0.25) is 0 Å². The number of amidine groups is 1. The fourth-order valence-electron chi connectivity index (χ4n) is 2.92. The number of rotatable bonds is 7. The minimum Gasteiger partial charge on any atom is -0.367 e. The third kappa shape index (κ3) is 7.09. The highest BCUT2D eigenvalue weighted by molar-refractivity contribution is 7.12. The van der Waals surface area contributed by atoms with Gasteiger partial charge in [-0.1, -0.05) is 19.9 Å².